The summed E-state index contributed by atoms with van der Waals surface area (Å²) in [5.41, 5.74) is 0.615. The number of aryl methyl sites for hydroxylation is 2. The fourth-order valence-electron chi connectivity index (χ4n) is 4.00. The van der Waals surface area contributed by atoms with E-state index in [0.29, 0.717) is 23.7 Å². The van der Waals surface area contributed by atoms with E-state index < -0.39 is 0 Å². The normalized spacial score (nSPS) is 24.1. The largest absolute Gasteiger partial charge is 0.466 e. The quantitative estimate of drug-likeness (QED) is 0.835. The lowest BCUT2D eigenvalue weighted by atomic mass is 9.51. The van der Waals surface area contributed by atoms with Gasteiger partial charge >= 0.3 is 0 Å². The van der Waals surface area contributed by atoms with Crippen molar-refractivity contribution in [2.75, 3.05) is 13.2 Å². The Kier molecular flexibility index (Phi) is 4.67. The average molecular weight is 334 g/mol. The minimum atomic E-state index is -0.279. The van der Waals surface area contributed by atoms with E-state index in [-0.39, 0.29) is 35.9 Å². The van der Waals surface area contributed by atoms with Crippen LogP contribution in [0.1, 0.15) is 54.5 Å². The van der Waals surface area contributed by atoms with E-state index in [4.69, 9.17) is 9.15 Å². The van der Waals surface area contributed by atoms with Crippen molar-refractivity contribution < 1.29 is 18.7 Å². The van der Waals surface area contributed by atoms with Gasteiger partial charge in [0.05, 0.1) is 18.2 Å². The smallest absolute Gasteiger partial charge is 0.255 e. The second-order valence-corrected chi connectivity index (χ2v) is 6.90. The van der Waals surface area contributed by atoms with Gasteiger partial charge in [0.25, 0.3) is 5.91 Å². The molecule has 6 heteroatoms. The molecule has 132 valence electrons. The maximum absolute atomic E-state index is 12.2. The minimum Gasteiger partial charge on any atom is -0.466 e. The average Bonchev–Trinajstić information content (AvgIpc) is 2.80. The Balaban J connectivity index is 1.48. The molecule has 6 nitrogen and oxygen atoms in total. The lowest BCUT2D eigenvalue weighted by Gasteiger charge is -2.61. The van der Waals surface area contributed by atoms with Crippen LogP contribution in [0, 0.1) is 19.3 Å². The van der Waals surface area contributed by atoms with Crippen LogP contribution in [0.4, 0.5) is 0 Å². The van der Waals surface area contributed by atoms with Crippen molar-refractivity contribution in [3.8, 4) is 0 Å². The van der Waals surface area contributed by atoms with Crippen LogP contribution < -0.4 is 10.6 Å². The van der Waals surface area contributed by atoms with Gasteiger partial charge in [0.1, 0.15) is 11.5 Å². The molecule has 0 aromatic carbocycles. The van der Waals surface area contributed by atoms with Gasteiger partial charge in [-0.25, -0.2) is 0 Å². The van der Waals surface area contributed by atoms with Crippen LogP contribution in [0.5, 0.6) is 0 Å². The SMILES string of the molecule is CCO[C@H]1C[C@H](NC(=O)CNC(=O)c2cc(C)oc2C)C12CCC2. The molecule has 0 unspecified atom stereocenters. The van der Waals surface area contributed by atoms with Gasteiger partial charge in [0.15, 0.2) is 0 Å². The highest BCUT2D eigenvalue weighted by molar-refractivity contribution is 5.97. The van der Waals surface area contributed by atoms with Gasteiger partial charge in [-0.3, -0.25) is 9.59 Å². The molecule has 0 aliphatic heterocycles. The molecule has 24 heavy (non-hydrogen) atoms. The first-order chi connectivity index (χ1) is 11.5. The number of carbonyl (C=O) groups is 2. The van der Waals surface area contributed by atoms with Gasteiger partial charge in [0, 0.05) is 18.1 Å². The van der Waals surface area contributed by atoms with Crippen LogP contribution in [0.3, 0.4) is 0 Å². The number of carbonyl (C=O) groups excluding carboxylic acids is 2. The van der Waals surface area contributed by atoms with Gasteiger partial charge in [0.2, 0.25) is 5.91 Å². The number of nitrogens with one attached hydrogen (secondary N) is 2. The highest BCUT2D eigenvalue weighted by Crippen LogP contribution is 2.57. The molecule has 2 amide bonds. The molecular weight excluding hydrogens is 308 g/mol. The van der Waals surface area contributed by atoms with Crippen molar-refractivity contribution in [2.24, 2.45) is 5.41 Å². The van der Waals surface area contributed by atoms with E-state index in [2.05, 4.69) is 10.6 Å². The summed E-state index contributed by atoms with van der Waals surface area (Å²) in [5.74, 6) is 0.828. The third-order valence-corrected chi connectivity index (χ3v) is 5.47. The van der Waals surface area contributed by atoms with Crippen molar-refractivity contribution in [3.63, 3.8) is 0 Å². The predicted molar refractivity (Wildman–Crippen MR) is 88.8 cm³/mol. The van der Waals surface area contributed by atoms with Gasteiger partial charge in [-0.1, -0.05) is 6.42 Å². The van der Waals surface area contributed by atoms with E-state index in [1.165, 1.54) is 6.42 Å². The Morgan fingerprint density at radius 1 is 1.38 bits per heavy atom. The first kappa shape index (κ1) is 17.0. The monoisotopic (exact) mass is 334 g/mol. The Hall–Kier alpha value is -1.82. The number of hydrogen-bond donors (Lipinski definition) is 2. The summed E-state index contributed by atoms with van der Waals surface area (Å²) in [7, 11) is 0. The molecule has 2 fully saturated rings. The summed E-state index contributed by atoms with van der Waals surface area (Å²) in [4.78, 5) is 24.3. The van der Waals surface area contributed by atoms with Crippen LogP contribution >= 0.6 is 0 Å². The zero-order valence-corrected chi connectivity index (χ0v) is 14.6. The zero-order valence-electron chi connectivity index (χ0n) is 14.6. The number of ether oxygens (including phenoxy) is 1. The number of amides is 2. The van der Waals surface area contributed by atoms with Gasteiger partial charge in [-0.05, 0) is 46.1 Å². The maximum atomic E-state index is 12.2. The van der Waals surface area contributed by atoms with Gasteiger partial charge in [-0.2, -0.15) is 0 Å². The first-order valence-corrected chi connectivity index (χ1v) is 8.72. The highest BCUT2D eigenvalue weighted by Gasteiger charge is 2.59. The van der Waals surface area contributed by atoms with E-state index in [0.717, 1.165) is 19.3 Å². The van der Waals surface area contributed by atoms with Crippen molar-refractivity contribution >= 4 is 11.8 Å². The topological polar surface area (TPSA) is 80.6 Å². The Labute approximate surface area is 142 Å². The molecule has 1 aromatic rings. The van der Waals surface area contributed by atoms with E-state index >= 15 is 0 Å². The molecule has 0 radical (unpaired) electrons. The van der Waals surface area contributed by atoms with Gasteiger partial charge < -0.3 is 19.8 Å². The highest BCUT2D eigenvalue weighted by atomic mass is 16.5. The number of furan rings is 1. The van der Waals surface area contributed by atoms with Crippen molar-refractivity contribution in [3.05, 3.63) is 23.2 Å². The van der Waals surface area contributed by atoms with Crippen molar-refractivity contribution in [1.29, 1.82) is 0 Å². The Morgan fingerprint density at radius 2 is 2.12 bits per heavy atom. The molecule has 1 heterocycles. The molecule has 0 saturated heterocycles. The second-order valence-electron chi connectivity index (χ2n) is 6.90. The summed E-state index contributed by atoms with van der Waals surface area (Å²) in [6.07, 6.45) is 4.57. The standard InChI is InChI=1S/C18H26N2O4/c1-4-23-15-9-14(18(15)6-5-7-18)20-16(21)10-19-17(22)13-8-11(2)24-12(13)3/h8,14-15H,4-7,9-10H2,1-3H3,(H,19,22)(H,20,21)/t14-,15-/m0/s1. The maximum Gasteiger partial charge on any atom is 0.255 e. The third-order valence-electron chi connectivity index (χ3n) is 5.47. The molecule has 1 spiro atoms. The van der Waals surface area contributed by atoms with Crippen LogP contribution in [0.25, 0.3) is 0 Å². The van der Waals surface area contributed by atoms with E-state index in [9.17, 15) is 9.59 Å². The van der Waals surface area contributed by atoms with Crippen LogP contribution in [-0.2, 0) is 9.53 Å². The second kappa shape index (κ2) is 6.59. The lowest BCUT2D eigenvalue weighted by molar-refractivity contribution is -0.175. The lowest BCUT2D eigenvalue weighted by Crippen LogP contribution is -2.68. The molecule has 3 rings (SSSR count). The fourth-order valence-corrected chi connectivity index (χ4v) is 4.00. The molecule has 2 atom stereocenters. The van der Waals surface area contributed by atoms with Crippen LogP contribution in [-0.4, -0.2) is 37.1 Å². The third kappa shape index (κ3) is 2.95. The molecular formula is C18H26N2O4. The summed E-state index contributed by atoms with van der Waals surface area (Å²) in [5, 5.41) is 5.73. The van der Waals surface area contributed by atoms with E-state index in [1.54, 1.807) is 19.9 Å². The van der Waals surface area contributed by atoms with Crippen LogP contribution in [0.15, 0.2) is 10.5 Å². The molecule has 2 aliphatic carbocycles. The van der Waals surface area contributed by atoms with Crippen molar-refractivity contribution in [1.82, 2.24) is 10.6 Å². The molecule has 2 aliphatic rings. The summed E-state index contributed by atoms with van der Waals surface area (Å²) >= 11 is 0. The van der Waals surface area contributed by atoms with Crippen LogP contribution in [0.2, 0.25) is 0 Å². The first-order valence-electron chi connectivity index (χ1n) is 8.72. The summed E-state index contributed by atoms with van der Waals surface area (Å²) in [6, 6.07) is 1.86. The minimum absolute atomic E-state index is 0.0195. The van der Waals surface area contributed by atoms with Gasteiger partial charge in [-0.15, -0.1) is 0 Å². The number of rotatable bonds is 6. The fraction of sp³-hybridized carbons (Fsp3) is 0.667. The van der Waals surface area contributed by atoms with Crippen molar-refractivity contribution in [2.45, 2.75) is 58.6 Å². The Morgan fingerprint density at radius 3 is 2.67 bits per heavy atom. The summed E-state index contributed by atoms with van der Waals surface area (Å²) < 4.78 is 11.1. The number of hydrogen-bond acceptors (Lipinski definition) is 4. The molecule has 2 saturated carbocycles. The zero-order chi connectivity index (χ0) is 17.3. The molecule has 0 bridgehead atoms. The Bertz CT molecular complexity index is 633. The molecule has 2 N–H and O–H groups in total. The summed E-state index contributed by atoms with van der Waals surface area (Å²) in [6.45, 7) is 6.23. The van der Waals surface area contributed by atoms with E-state index in [1.807, 2.05) is 6.92 Å². The molecule has 1 aromatic heterocycles. The predicted octanol–water partition coefficient (Wildman–Crippen LogP) is 2.09.